The monoisotopic (exact) mass is 375 g/mol. The average Bonchev–Trinajstić information content (AvgIpc) is 2.86. The molecule has 136 valence electrons. The Morgan fingerprint density at radius 2 is 1.63 bits per heavy atom. The van der Waals surface area contributed by atoms with Gasteiger partial charge in [-0.2, -0.15) is 0 Å². The molecule has 0 aliphatic carbocycles. The molecule has 0 saturated heterocycles. The summed E-state index contributed by atoms with van der Waals surface area (Å²) < 4.78 is 0. The second kappa shape index (κ2) is 6.24. The molecule has 27 heavy (non-hydrogen) atoms. The maximum atomic E-state index is 12.3. The Balaban J connectivity index is 1.76. The molecule has 0 fully saturated rings. The van der Waals surface area contributed by atoms with Crippen LogP contribution in [-0.4, -0.2) is 7.05 Å². The first-order chi connectivity index (χ1) is 12.8. The van der Waals surface area contributed by atoms with Crippen LogP contribution in [-0.2, 0) is 5.41 Å². The van der Waals surface area contributed by atoms with E-state index in [1.54, 1.807) is 0 Å². The Labute approximate surface area is 163 Å². The third-order valence-corrected chi connectivity index (χ3v) is 6.48. The van der Waals surface area contributed by atoms with Crippen LogP contribution in [0.15, 0.2) is 73.6 Å². The molecule has 0 radical (unpaired) electrons. The third kappa shape index (κ3) is 2.76. The van der Waals surface area contributed by atoms with E-state index >= 15 is 0 Å². The summed E-state index contributed by atoms with van der Waals surface area (Å²) in [7, 11) is 2.01. The molecule has 0 aromatic heterocycles. The molecule has 0 N–H and O–H groups in total. The summed E-state index contributed by atoms with van der Waals surface area (Å²) in [6.45, 7) is 6.33. The van der Waals surface area contributed by atoms with Crippen LogP contribution < -0.4 is 15.8 Å². The first-order valence-electron chi connectivity index (χ1n) is 8.94. The first-order valence-corrected chi connectivity index (χ1v) is 9.75. The van der Waals surface area contributed by atoms with E-state index in [0.717, 1.165) is 16.3 Å². The molecule has 3 aromatic carbocycles. The van der Waals surface area contributed by atoms with E-state index < -0.39 is 5.43 Å². The first kappa shape index (κ1) is 17.8. The molecule has 0 bridgehead atoms. The highest BCUT2D eigenvalue weighted by atomic mass is 32.2. The Morgan fingerprint density at radius 3 is 2.30 bits per heavy atom. The van der Waals surface area contributed by atoms with Gasteiger partial charge in [0.2, 0.25) is 10.9 Å². The molecule has 4 heteroatoms. The summed E-state index contributed by atoms with van der Waals surface area (Å²) in [5.74, 6) is 0. The van der Waals surface area contributed by atoms with E-state index in [1.807, 2.05) is 56.4 Å². The molecule has 4 rings (SSSR count). The number of likely N-dealkylation sites (N-methyl/N-ethyl adjacent to an activating group) is 1. The Morgan fingerprint density at radius 1 is 0.963 bits per heavy atom. The lowest BCUT2D eigenvalue weighted by molar-refractivity contribution is 0.644. The third-order valence-electron chi connectivity index (χ3n) is 5.36. The second-order valence-corrected chi connectivity index (χ2v) is 8.63. The topological polar surface area (TPSA) is 37.4 Å². The number of benzene rings is 2. The number of aryl methyl sites for hydroxylation is 1. The summed E-state index contributed by atoms with van der Waals surface area (Å²) >= 11 is 1.37. The fourth-order valence-corrected chi connectivity index (χ4v) is 4.70. The molecule has 1 heterocycles. The summed E-state index contributed by atoms with van der Waals surface area (Å²) in [6, 6.07) is 16.2. The van der Waals surface area contributed by atoms with Crippen LogP contribution in [0.5, 0.6) is 0 Å². The highest BCUT2D eigenvalue weighted by molar-refractivity contribution is 7.99. The molecule has 0 spiro atoms. The van der Waals surface area contributed by atoms with Crippen LogP contribution >= 0.6 is 11.8 Å². The zero-order valence-electron chi connectivity index (χ0n) is 15.9. The molecular formula is C23H21NO2S. The number of fused-ring (bicyclic) bond motifs is 1. The van der Waals surface area contributed by atoms with Gasteiger partial charge in [-0.3, -0.25) is 9.59 Å². The molecule has 0 unspecified atom stereocenters. The zero-order valence-corrected chi connectivity index (χ0v) is 16.7. The summed E-state index contributed by atoms with van der Waals surface area (Å²) in [5, 5.41) is 0. The number of allylic oxidation sites excluding steroid dienone is 1. The fourth-order valence-electron chi connectivity index (χ4n) is 3.74. The lowest BCUT2D eigenvalue weighted by atomic mass is 9.83. The molecule has 3 nitrogen and oxygen atoms in total. The number of para-hydroxylation sites is 1. The van der Waals surface area contributed by atoms with E-state index in [0.29, 0.717) is 10.5 Å². The van der Waals surface area contributed by atoms with Crippen molar-refractivity contribution in [1.29, 1.82) is 0 Å². The number of rotatable bonds is 3. The summed E-state index contributed by atoms with van der Waals surface area (Å²) in [6.07, 6.45) is 1.90. The van der Waals surface area contributed by atoms with Crippen LogP contribution in [0.25, 0.3) is 6.08 Å². The van der Waals surface area contributed by atoms with E-state index in [9.17, 15) is 9.59 Å². The van der Waals surface area contributed by atoms with E-state index in [2.05, 4.69) is 30.9 Å². The van der Waals surface area contributed by atoms with Crippen LogP contribution in [0, 0.1) is 6.92 Å². The highest BCUT2D eigenvalue weighted by Crippen LogP contribution is 2.47. The summed E-state index contributed by atoms with van der Waals surface area (Å²) in [4.78, 5) is 28.1. The molecule has 3 aromatic rings. The van der Waals surface area contributed by atoms with E-state index in [-0.39, 0.29) is 10.8 Å². The summed E-state index contributed by atoms with van der Waals surface area (Å²) in [5.41, 5.74) is 4.08. The lowest BCUT2D eigenvalue weighted by Crippen LogP contribution is -2.36. The number of anilines is 1. The molecule has 0 amide bonds. The van der Waals surface area contributed by atoms with Crippen LogP contribution in [0.2, 0.25) is 0 Å². The van der Waals surface area contributed by atoms with E-state index in [1.165, 1.54) is 22.9 Å². The van der Waals surface area contributed by atoms with Crippen molar-refractivity contribution in [1.82, 2.24) is 0 Å². The van der Waals surface area contributed by atoms with Gasteiger partial charge in [-0.1, -0.05) is 61.5 Å². The maximum Gasteiger partial charge on any atom is 0.240 e. The number of hydrogen-bond acceptors (Lipinski definition) is 4. The quantitative estimate of drug-likeness (QED) is 0.631. The van der Waals surface area contributed by atoms with Gasteiger partial charge in [0.05, 0.1) is 4.90 Å². The predicted molar refractivity (Wildman–Crippen MR) is 113 cm³/mol. The molecule has 1 aliphatic heterocycles. The zero-order chi connectivity index (χ0) is 19.3. The Hall–Kier alpha value is -2.59. The van der Waals surface area contributed by atoms with Gasteiger partial charge >= 0.3 is 0 Å². The van der Waals surface area contributed by atoms with Gasteiger partial charge in [-0.05, 0) is 36.8 Å². The smallest absolute Gasteiger partial charge is 0.240 e. The molecule has 0 atom stereocenters. The maximum absolute atomic E-state index is 12.3. The largest absolute Gasteiger partial charge is 0.347 e. The molecular weight excluding hydrogens is 354 g/mol. The molecule has 0 saturated carbocycles. The molecule has 1 aliphatic rings. The average molecular weight is 375 g/mol. The standard InChI is InChI=1S/C23H21NO2S/c1-14-9-11-15(12-10-14)27-22-16(20(25)21(22)26)13-19-23(2,3)17-7-5-6-8-18(17)24(19)4/h5-13H,1-4H3/b19-13-. The van der Waals surface area contributed by atoms with Crippen LogP contribution in [0.3, 0.4) is 0 Å². The number of hydrogen-bond donors (Lipinski definition) is 0. The van der Waals surface area contributed by atoms with Gasteiger partial charge in [0, 0.05) is 34.3 Å². The highest BCUT2D eigenvalue weighted by Gasteiger charge is 2.38. The van der Waals surface area contributed by atoms with Crippen molar-refractivity contribution in [2.45, 2.75) is 36.0 Å². The van der Waals surface area contributed by atoms with Crippen molar-refractivity contribution in [3.63, 3.8) is 0 Å². The van der Waals surface area contributed by atoms with Crippen molar-refractivity contribution in [3.05, 3.63) is 91.4 Å². The predicted octanol–water partition coefficient (Wildman–Crippen LogP) is 4.51. The van der Waals surface area contributed by atoms with E-state index in [4.69, 9.17) is 0 Å². The van der Waals surface area contributed by atoms with Gasteiger partial charge in [-0.15, -0.1) is 0 Å². The van der Waals surface area contributed by atoms with Gasteiger partial charge < -0.3 is 4.90 Å². The number of nitrogens with zero attached hydrogens (tertiary/aromatic N) is 1. The van der Waals surface area contributed by atoms with Crippen molar-refractivity contribution < 1.29 is 0 Å². The Kier molecular flexibility index (Phi) is 4.11. The van der Waals surface area contributed by atoms with Gasteiger partial charge in [0.15, 0.2) is 0 Å². The second-order valence-electron chi connectivity index (χ2n) is 7.55. The van der Waals surface area contributed by atoms with Crippen LogP contribution in [0.4, 0.5) is 5.69 Å². The minimum atomic E-state index is -0.391. The van der Waals surface area contributed by atoms with Gasteiger partial charge in [0.1, 0.15) is 0 Å². The SMILES string of the molecule is Cc1ccc(Sc2c(/C=C3\N(C)c4ccccc4C3(C)C)c(=O)c2=O)cc1. The van der Waals surface area contributed by atoms with Crippen molar-refractivity contribution in [2.24, 2.45) is 0 Å². The van der Waals surface area contributed by atoms with Crippen molar-refractivity contribution in [2.75, 3.05) is 11.9 Å². The fraction of sp³-hybridized carbons (Fsp3) is 0.217. The normalized spacial score (nSPS) is 16.9. The minimum Gasteiger partial charge on any atom is -0.347 e. The minimum absolute atomic E-state index is 0.225. The van der Waals surface area contributed by atoms with Gasteiger partial charge in [-0.25, -0.2) is 0 Å². The van der Waals surface area contributed by atoms with Gasteiger partial charge in [0.25, 0.3) is 0 Å². The Bertz CT molecular complexity index is 1130. The lowest BCUT2D eigenvalue weighted by Gasteiger charge is -2.24. The van der Waals surface area contributed by atoms with Crippen LogP contribution in [0.1, 0.15) is 30.5 Å². The van der Waals surface area contributed by atoms with Crippen molar-refractivity contribution in [3.8, 4) is 0 Å². The van der Waals surface area contributed by atoms with Crippen molar-refractivity contribution >= 4 is 23.5 Å².